The molecule has 1 aromatic heterocycles. The lowest BCUT2D eigenvalue weighted by molar-refractivity contribution is 0.102. The molecule has 4 heteroatoms. The molecule has 0 aliphatic heterocycles. The van der Waals surface area contributed by atoms with E-state index in [1.165, 1.54) is 16.9 Å². The monoisotopic (exact) mass is 354 g/mol. The summed E-state index contributed by atoms with van der Waals surface area (Å²) in [7, 11) is 0. The van der Waals surface area contributed by atoms with Crippen molar-refractivity contribution in [3.63, 3.8) is 0 Å². The quantitative estimate of drug-likeness (QED) is 0.512. The summed E-state index contributed by atoms with van der Waals surface area (Å²) < 4.78 is 1.00. The molecule has 0 N–H and O–H groups in total. The first-order valence-electron chi connectivity index (χ1n) is 6.07. The standard InChI is InChI=1S/C15H15BrOS2/c1-10(2)11-3-5-12(6-4-11)18-9-13(17)14-7-8-15(16)19-14/h3-8,10H,9H2,1-2H3. The molecule has 1 aromatic carbocycles. The molecule has 0 amide bonds. The molecule has 2 rings (SSSR count). The number of Topliss-reactive ketones (excluding diaryl/α,β-unsaturated/α-hetero) is 1. The number of thioether (sulfide) groups is 1. The van der Waals surface area contributed by atoms with Gasteiger partial charge in [0.1, 0.15) is 0 Å². The van der Waals surface area contributed by atoms with Crippen molar-refractivity contribution in [2.24, 2.45) is 0 Å². The molecule has 0 atom stereocenters. The van der Waals surface area contributed by atoms with Crippen molar-refractivity contribution < 1.29 is 4.79 Å². The molecule has 100 valence electrons. The van der Waals surface area contributed by atoms with E-state index in [2.05, 4.69) is 54.0 Å². The predicted molar refractivity (Wildman–Crippen MR) is 87.6 cm³/mol. The fourth-order valence-electron chi connectivity index (χ4n) is 1.63. The van der Waals surface area contributed by atoms with E-state index in [1.54, 1.807) is 11.8 Å². The van der Waals surface area contributed by atoms with Gasteiger partial charge in [-0.05, 0) is 51.7 Å². The molecule has 0 spiro atoms. The Labute approximate surface area is 130 Å². The molecule has 1 heterocycles. The van der Waals surface area contributed by atoms with E-state index in [9.17, 15) is 4.79 Å². The van der Waals surface area contributed by atoms with Gasteiger partial charge in [-0.25, -0.2) is 0 Å². The van der Waals surface area contributed by atoms with Crippen molar-refractivity contribution in [1.82, 2.24) is 0 Å². The summed E-state index contributed by atoms with van der Waals surface area (Å²) in [6, 6.07) is 12.3. The minimum atomic E-state index is 0.189. The smallest absolute Gasteiger partial charge is 0.183 e. The van der Waals surface area contributed by atoms with Gasteiger partial charge in [0.2, 0.25) is 0 Å². The topological polar surface area (TPSA) is 17.1 Å². The lowest BCUT2D eigenvalue weighted by atomic mass is 10.0. The third kappa shape index (κ3) is 4.20. The van der Waals surface area contributed by atoms with E-state index >= 15 is 0 Å². The van der Waals surface area contributed by atoms with Crippen LogP contribution in [0.3, 0.4) is 0 Å². The van der Waals surface area contributed by atoms with Gasteiger partial charge in [0.05, 0.1) is 14.4 Å². The lowest BCUT2D eigenvalue weighted by Gasteiger charge is -2.06. The number of hydrogen-bond acceptors (Lipinski definition) is 3. The van der Waals surface area contributed by atoms with Crippen LogP contribution in [0.5, 0.6) is 0 Å². The Hall–Kier alpha value is -0.580. The fraction of sp³-hybridized carbons (Fsp3) is 0.267. The van der Waals surface area contributed by atoms with Gasteiger partial charge in [-0.2, -0.15) is 0 Å². The average molecular weight is 355 g/mol. The summed E-state index contributed by atoms with van der Waals surface area (Å²) in [5, 5.41) is 0. The van der Waals surface area contributed by atoms with Gasteiger partial charge in [-0.3, -0.25) is 4.79 Å². The fourth-order valence-corrected chi connectivity index (χ4v) is 3.83. The van der Waals surface area contributed by atoms with Gasteiger partial charge in [0, 0.05) is 4.90 Å². The van der Waals surface area contributed by atoms with Gasteiger partial charge >= 0.3 is 0 Å². The van der Waals surface area contributed by atoms with Crippen LogP contribution in [0.15, 0.2) is 45.1 Å². The largest absolute Gasteiger partial charge is 0.292 e. The Morgan fingerprint density at radius 2 is 1.89 bits per heavy atom. The maximum atomic E-state index is 12.0. The van der Waals surface area contributed by atoms with Crippen molar-refractivity contribution in [2.75, 3.05) is 5.75 Å². The van der Waals surface area contributed by atoms with Crippen molar-refractivity contribution in [3.8, 4) is 0 Å². The Bertz CT molecular complexity index is 558. The van der Waals surface area contributed by atoms with Crippen LogP contribution in [0.2, 0.25) is 0 Å². The average Bonchev–Trinajstić information content (AvgIpc) is 2.83. The summed E-state index contributed by atoms with van der Waals surface area (Å²) in [5.74, 6) is 1.23. The Balaban J connectivity index is 1.93. The van der Waals surface area contributed by atoms with E-state index < -0.39 is 0 Å². The zero-order valence-electron chi connectivity index (χ0n) is 10.9. The highest BCUT2D eigenvalue weighted by molar-refractivity contribution is 9.11. The zero-order chi connectivity index (χ0) is 13.8. The van der Waals surface area contributed by atoms with Crippen LogP contribution in [0, 0.1) is 0 Å². The molecular weight excluding hydrogens is 340 g/mol. The molecule has 19 heavy (non-hydrogen) atoms. The van der Waals surface area contributed by atoms with Crippen LogP contribution < -0.4 is 0 Å². The highest BCUT2D eigenvalue weighted by atomic mass is 79.9. The van der Waals surface area contributed by atoms with Crippen LogP contribution in [0.25, 0.3) is 0 Å². The summed E-state index contributed by atoms with van der Waals surface area (Å²) in [6.45, 7) is 4.36. The van der Waals surface area contributed by atoms with Crippen LogP contribution in [0.1, 0.15) is 35.0 Å². The highest BCUT2D eigenvalue weighted by Gasteiger charge is 2.09. The van der Waals surface area contributed by atoms with E-state index in [-0.39, 0.29) is 5.78 Å². The first-order chi connectivity index (χ1) is 9.06. The minimum Gasteiger partial charge on any atom is -0.292 e. The zero-order valence-corrected chi connectivity index (χ0v) is 14.1. The molecule has 0 saturated carbocycles. The van der Waals surface area contributed by atoms with Crippen LogP contribution in [-0.2, 0) is 0 Å². The minimum absolute atomic E-state index is 0.189. The number of ketones is 1. The van der Waals surface area contributed by atoms with E-state index in [4.69, 9.17) is 0 Å². The van der Waals surface area contributed by atoms with Crippen LogP contribution in [0.4, 0.5) is 0 Å². The van der Waals surface area contributed by atoms with E-state index in [0.29, 0.717) is 11.7 Å². The van der Waals surface area contributed by atoms with Gasteiger partial charge in [0.25, 0.3) is 0 Å². The first kappa shape index (κ1) is 14.8. The molecular formula is C15H15BrOS2. The molecule has 0 saturated heterocycles. The number of carbonyl (C=O) groups excluding carboxylic acids is 1. The van der Waals surface area contributed by atoms with Crippen LogP contribution >= 0.6 is 39.0 Å². The molecule has 1 nitrogen and oxygen atoms in total. The van der Waals surface area contributed by atoms with Gasteiger partial charge in [-0.15, -0.1) is 23.1 Å². The molecule has 0 aliphatic rings. The van der Waals surface area contributed by atoms with Crippen LogP contribution in [-0.4, -0.2) is 11.5 Å². The summed E-state index contributed by atoms with van der Waals surface area (Å²) >= 11 is 6.46. The van der Waals surface area contributed by atoms with Crippen molar-refractivity contribution in [1.29, 1.82) is 0 Å². The molecule has 0 fully saturated rings. The number of hydrogen-bond donors (Lipinski definition) is 0. The number of halogens is 1. The highest BCUT2D eigenvalue weighted by Crippen LogP contribution is 2.26. The second-order valence-electron chi connectivity index (χ2n) is 4.54. The van der Waals surface area contributed by atoms with Crippen molar-refractivity contribution in [2.45, 2.75) is 24.7 Å². The lowest BCUT2D eigenvalue weighted by Crippen LogP contribution is -1.99. The number of carbonyl (C=O) groups is 1. The molecule has 0 bridgehead atoms. The molecule has 0 aliphatic carbocycles. The Kier molecular flexibility index (Phi) is 5.25. The van der Waals surface area contributed by atoms with Gasteiger partial charge in [-0.1, -0.05) is 26.0 Å². The van der Waals surface area contributed by atoms with Crippen molar-refractivity contribution in [3.05, 3.63) is 50.6 Å². The number of thiophene rings is 1. The Morgan fingerprint density at radius 3 is 2.42 bits per heavy atom. The summed E-state index contributed by atoms with van der Waals surface area (Å²) in [5.41, 5.74) is 1.33. The first-order valence-corrected chi connectivity index (χ1v) is 8.67. The SMILES string of the molecule is CC(C)c1ccc(SCC(=O)c2ccc(Br)s2)cc1. The second-order valence-corrected chi connectivity index (χ2v) is 8.05. The Morgan fingerprint density at radius 1 is 1.21 bits per heavy atom. The second kappa shape index (κ2) is 6.73. The molecule has 0 unspecified atom stereocenters. The number of rotatable bonds is 5. The predicted octanol–water partition coefficient (Wildman–Crippen LogP) is 5.61. The normalized spacial score (nSPS) is 10.9. The summed E-state index contributed by atoms with van der Waals surface area (Å²) in [6.07, 6.45) is 0. The van der Waals surface area contributed by atoms with Gasteiger partial charge in [0.15, 0.2) is 5.78 Å². The molecule has 0 radical (unpaired) electrons. The third-order valence-corrected chi connectivity index (χ3v) is 5.44. The summed E-state index contributed by atoms with van der Waals surface area (Å²) in [4.78, 5) is 13.9. The molecule has 2 aromatic rings. The number of benzene rings is 1. The maximum absolute atomic E-state index is 12.0. The third-order valence-electron chi connectivity index (χ3n) is 2.76. The maximum Gasteiger partial charge on any atom is 0.183 e. The van der Waals surface area contributed by atoms with Crippen molar-refractivity contribution >= 4 is 44.8 Å². The van der Waals surface area contributed by atoms with E-state index in [0.717, 1.165) is 13.6 Å². The van der Waals surface area contributed by atoms with E-state index in [1.807, 2.05) is 12.1 Å². The van der Waals surface area contributed by atoms with Gasteiger partial charge < -0.3 is 0 Å².